The molecule has 1 unspecified atom stereocenters. The lowest BCUT2D eigenvalue weighted by molar-refractivity contribution is -0.142. The Hall–Kier alpha value is -0.610. The molecule has 0 bridgehead atoms. The summed E-state index contributed by atoms with van der Waals surface area (Å²) in [6, 6.07) is 0. The minimum Gasteiger partial charge on any atom is -0.460 e. The predicted octanol–water partition coefficient (Wildman–Crippen LogP) is 1.79. The van der Waals surface area contributed by atoms with Crippen LogP contribution in [0.4, 0.5) is 0 Å². The smallest absolute Gasteiger partial charge is 0.306 e. The molecule has 0 amide bonds. The maximum absolute atomic E-state index is 11.6. The summed E-state index contributed by atoms with van der Waals surface area (Å²) in [5, 5.41) is 3.30. The molecule has 2 aliphatic heterocycles. The summed E-state index contributed by atoms with van der Waals surface area (Å²) in [7, 11) is 0. The number of esters is 1. The Labute approximate surface area is 116 Å². The van der Waals surface area contributed by atoms with Crippen LogP contribution in [-0.2, 0) is 9.53 Å². The first-order chi connectivity index (χ1) is 9.20. The van der Waals surface area contributed by atoms with Gasteiger partial charge in [-0.05, 0) is 25.9 Å². The van der Waals surface area contributed by atoms with Gasteiger partial charge in [-0.25, -0.2) is 0 Å². The molecule has 2 fully saturated rings. The quantitative estimate of drug-likeness (QED) is 0.682. The summed E-state index contributed by atoms with van der Waals surface area (Å²) in [4.78, 5) is 14.1. The zero-order valence-electron chi connectivity index (χ0n) is 12.4. The molecule has 1 spiro atoms. The van der Waals surface area contributed by atoms with E-state index in [4.69, 9.17) is 4.74 Å². The predicted molar refractivity (Wildman–Crippen MR) is 76.1 cm³/mol. The van der Waals surface area contributed by atoms with Crippen molar-refractivity contribution in [3.8, 4) is 0 Å². The zero-order valence-corrected chi connectivity index (χ0v) is 12.4. The van der Waals surface area contributed by atoms with Crippen molar-refractivity contribution in [2.24, 2.45) is 5.41 Å². The first-order valence-corrected chi connectivity index (χ1v) is 7.83. The monoisotopic (exact) mass is 268 g/mol. The number of cyclic esters (lactones) is 1. The van der Waals surface area contributed by atoms with Crippen LogP contribution in [0.5, 0.6) is 0 Å². The molecule has 1 N–H and O–H groups in total. The molecule has 1 atom stereocenters. The van der Waals surface area contributed by atoms with E-state index in [1.807, 2.05) is 0 Å². The van der Waals surface area contributed by atoms with Gasteiger partial charge >= 0.3 is 5.97 Å². The minimum atomic E-state index is -0.00238. The van der Waals surface area contributed by atoms with E-state index in [0.29, 0.717) is 6.42 Å². The van der Waals surface area contributed by atoms with Crippen molar-refractivity contribution in [2.45, 2.75) is 52.1 Å². The maximum atomic E-state index is 11.6. The van der Waals surface area contributed by atoms with Gasteiger partial charge in [-0.2, -0.15) is 0 Å². The lowest BCUT2D eigenvalue weighted by Crippen LogP contribution is -2.60. The summed E-state index contributed by atoms with van der Waals surface area (Å²) >= 11 is 0. The average Bonchev–Trinajstić information content (AvgIpc) is 2.69. The molecule has 2 aliphatic rings. The third-order valence-corrected chi connectivity index (χ3v) is 4.49. The Kier molecular flexibility index (Phi) is 5.22. The molecule has 0 aromatic heterocycles. The third-order valence-electron chi connectivity index (χ3n) is 4.49. The van der Waals surface area contributed by atoms with Crippen LogP contribution in [0.25, 0.3) is 0 Å². The Balaban J connectivity index is 1.89. The van der Waals surface area contributed by atoms with Crippen LogP contribution < -0.4 is 5.32 Å². The molecule has 110 valence electrons. The molecule has 2 rings (SSSR count). The van der Waals surface area contributed by atoms with Crippen LogP contribution in [0.1, 0.15) is 46.0 Å². The summed E-state index contributed by atoms with van der Waals surface area (Å²) in [6.45, 7) is 9.53. The normalized spacial score (nSPS) is 24.8. The third kappa shape index (κ3) is 3.48. The van der Waals surface area contributed by atoms with Gasteiger partial charge in [0.25, 0.3) is 0 Å². The Bertz CT molecular complexity index is 295. The Morgan fingerprint density at radius 1 is 1.26 bits per heavy atom. The number of nitrogens with one attached hydrogen (secondary N) is 1. The summed E-state index contributed by atoms with van der Waals surface area (Å²) in [5.74, 6) is -0.00238. The fourth-order valence-electron chi connectivity index (χ4n) is 3.05. The van der Waals surface area contributed by atoms with E-state index < -0.39 is 0 Å². The first-order valence-electron chi connectivity index (χ1n) is 7.83. The first kappa shape index (κ1) is 14.8. The molecule has 0 aromatic rings. The number of ether oxygens (including phenoxy) is 1. The molecule has 4 nitrogen and oxygen atoms in total. The van der Waals surface area contributed by atoms with Crippen LogP contribution >= 0.6 is 0 Å². The second-order valence-electron chi connectivity index (χ2n) is 6.13. The molecule has 4 heteroatoms. The van der Waals surface area contributed by atoms with Gasteiger partial charge in [-0.15, -0.1) is 0 Å². The van der Waals surface area contributed by atoms with E-state index in [2.05, 4.69) is 24.1 Å². The van der Waals surface area contributed by atoms with Gasteiger partial charge in [-0.3, -0.25) is 9.69 Å². The number of carbonyl (C=O) groups excluding carboxylic acids is 1. The van der Waals surface area contributed by atoms with Crippen molar-refractivity contribution in [3.05, 3.63) is 0 Å². The maximum Gasteiger partial charge on any atom is 0.306 e. The Morgan fingerprint density at radius 3 is 2.37 bits per heavy atom. The minimum absolute atomic E-state index is 0.00238. The van der Waals surface area contributed by atoms with Crippen LogP contribution in [-0.4, -0.2) is 49.7 Å². The van der Waals surface area contributed by atoms with E-state index in [9.17, 15) is 4.79 Å². The Morgan fingerprint density at radius 2 is 1.89 bits per heavy atom. The number of hydrogen-bond donors (Lipinski definition) is 1. The van der Waals surface area contributed by atoms with Gasteiger partial charge < -0.3 is 10.1 Å². The van der Waals surface area contributed by atoms with Crippen molar-refractivity contribution in [2.75, 3.05) is 32.7 Å². The van der Waals surface area contributed by atoms with E-state index in [1.165, 1.54) is 25.7 Å². The van der Waals surface area contributed by atoms with Crippen LogP contribution in [0.15, 0.2) is 0 Å². The van der Waals surface area contributed by atoms with Gasteiger partial charge in [0, 0.05) is 25.0 Å². The van der Waals surface area contributed by atoms with Crippen molar-refractivity contribution >= 4 is 5.97 Å². The fourth-order valence-corrected chi connectivity index (χ4v) is 3.05. The number of hydrogen-bond acceptors (Lipinski definition) is 4. The summed E-state index contributed by atoms with van der Waals surface area (Å²) in [5.41, 5.74) is 0.105. The van der Waals surface area contributed by atoms with Gasteiger partial charge in [0.1, 0.15) is 6.10 Å². The lowest BCUT2D eigenvalue weighted by atomic mass is 9.75. The molecule has 0 radical (unpaired) electrons. The van der Waals surface area contributed by atoms with E-state index in [0.717, 1.165) is 32.7 Å². The molecular formula is C15H28N2O2. The molecule has 0 saturated carbocycles. The van der Waals surface area contributed by atoms with Crippen molar-refractivity contribution in [1.82, 2.24) is 10.2 Å². The second kappa shape index (κ2) is 6.71. The van der Waals surface area contributed by atoms with Crippen LogP contribution in [0.3, 0.4) is 0 Å². The average molecular weight is 268 g/mol. The van der Waals surface area contributed by atoms with Crippen LogP contribution in [0.2, 0.25) is 0 Å². The standard InChI is InChI=1S/C15H28N2O2/c1-3-5-7-17(8-6-4-2)10-13-15(11-16-12-15)9-14(18)19-13/h13,16H,3-12H2,1-2H3. The zero-order chi connectivity index (χ0) is 13.7. The van der Waals surface area contributed by atoms with Crippen molar-refractivity contribution in [1.29, 1.82) is 0 Å². The highest BCUT2D eigenvalue weighted by Crippen LogP contribution is 2.39. The molecule has 0 aromatic carbocycles. The summed E-state index contributed by atoms with van der Waals surface area (Å²) < 4.78 is 5.59. The molecule has 0 aliphatic carbocycles. The largest absolute Gasteiger partial charge is 0.460 e. The molecular weight excluding hydrogens is 240 g/mol. The van der Waals surface area contributed by atoms with Gasteiger partial charge in [0.15, 0.2) is 0 Å². The number of carbonyl (C=O) groups is 1. The highest BCUT2D eigenvalue weighted by atomic mass is 16.6. The topological polar surface area (TPSA) is 41.6 Å². The second-order valence-corrected chi connectivity index (χ2v) is 6.13. The fraction of sp³-hybridized carbons (Fsp3) is 0.933. The van der Waals surface area contributed by atoms with E-state index in [-0.39, 0.29) is 17.5 Å². The van der Waals surface area contributed by atoms with Gasteiger partial charge in [0.05, 0.1) is 6.42 Å². The highest BCUT2D eigenvalue weighted by molar-refractivity contribution is 5.73. The van der Waals surface area contributed by atoms with E-state index >= 15 is 0 Å². The molecule has 2 heterocycles. The van der Waals surface area contributed by atoms with Gasteiger partial charge in [-0.1, -0.05) is 26.7 Å². The summed E-state index contributed by atoms with van der Waals surface area (Å²) in [6.07, 6.45) is 5.63. The van der Waals surface area contributed by atoms with E-state index in [1.54, 1.807) is 0 Å². The lowest BCUT2D eigenvalue weighted by Gasteiger charge is -2.43. The molecule has 2 saturated heterocycles. The number of rotatable bonds is 8. The SMILES string of the molecule is CCCCN(CCCC)CC1OC(=O)CC12CNC2. The van der Waals surface area contributed by atoms with Gasteiger partial charge in [0.2, 0.25) is 0 Å². The number of unbranched alkanes of at least 4 members (excludes halogenated alkanes) is 2. The van der Waals surface area contributed by atoms with Crippen LogP contribution in [0, 0.1) is 5.41 Å². The van der Waals surface area contributed by atoms with Crippen molar-refractivity contribution < 1.29 is 9.53 Å². The number of nitrogens with zero attached hydrogens (tertiary/aromatic N) is 1. The molecule has 19 heavy (non-hydrogen) atoms. The van der Waals surface area contributed by atoms with Crippen molar-refractivity contribution in [3.63, 3.8) is 0 Å². The highest BCUT2D eigenvalue weighted by Gasteiger charge is 2.53.